The van der Waals surface area contributed by atoms with Gasteiger partial charge in [0.1, 0.15) is 5.82 Å². The highest BCUT2D eigenvalue weighted by Crippen LogP contribution is 2.31. The molecule has 0 bridgehead atoms. The summed E-state index contributed by atoms with van der Waals surface area (Å²) in [5, 5.41) is 5.24. The molecule has 144 valence electrons. The van der Waals surface area contributed by atoms with Gasteiger partial charge in [-0.3, -0.25) is 19.8 Å². The molecule has 0 radical (unpaired) electrons. The summed E-state index contributed by atoms with van der Waals surface area (Å²) < 4.78 is 14.1. The van der Waals surface area contributed by atoms with E-state index in [1.165, 1.54) is 58.8 Å². The summed E-state index contributed by atoms with van der Waals surface area (Å²) in [6.07, 6.45) is 2.87. The van der Waals surface area contributed by atoms with Crippen molar-refractivity contribution in [2.75, 3.05) is 10.2 Å². The summed E-state index contributed by atoms with van der Waals surface area (Å²) in [5.41, 5.74) is 1.50. The minimum absolute atomic E-state index is 0.132. The number of carbonyl (C=O) groups excluding carboxylic acids is 2. The van der Waals surface area contributed by atoms with Crippen molar-refractivity contribution in [3.8, 4) is 0 Å². The lowest BCUT2D eigenvalue weighted by molar-refractivity contribution is -0.116. The van der Waals surface area contributed by atoms with E-state index in [-0.39, 0.29) is 17.5 Å². The molecule has 0 aliphatic carbocycles. The van der Waals surface area contributed by atoms with Gasteiger partial charge in [-0.05, 0) is 32.1 Å². The Morgan fingerprint density at radius 1 is 1.21 bits per heavy atom. The Hall–Kier alpha value is -2.91. The molecule has 1 N–H and O–H groups in total. The number of benzene rings is 1. The molecule has 2 heterocycles. The molecule has 0 aliphatic heterocycles. The van der Waals surface area contributed by atoms with Gasteiger partial charge in [0.2, 0.25) is 11.8 Å². The lowest BCUT2D eigenvalue weighted by Crippen LogP contribution is -2.23. The molecule has 0 atom stereocenters. The fourth-order valence-corrected chi connectivity index (χ4v) is 4.00. The van der Waals surface area contributed by atoms with Crippen molar-refractivity contribution in [2.24, 2.45) is 0 Å². The molecule has 0 saturated heterocycles. The molecule has 0 aliphatic rings. The van der Waals surface area contributed by atoms with Crippen LogP contribution in [0.25, 0.3) is 6.08 Å². The number of aryl methyl sites for hydroxylation is 2. The van der Waals surface area contributed by atoms with Crippen LogP contribution < -0.4 is 10.2 Å². The molecule has 9 heteroatoms. The molecule has 0 fully saturated rings. The van der Waals surface area contributed by atoms with Gasteiger partial charge in [0.25, 0.3) is 0 Å². The van der Waals surface area contributed by atoms with Crippen molar-refractivity contribution >= 4 is 56.5 Å². The first-order chi connectivity index (χ1) is 13.3. The van der Waals surface area contributed by atoms with Gasteiger partial charge in [-0.15, -0.1) is 22.7 Å². The lowest BCUT2D eigenvalue weighted by Gasteiger charge is -2.18. The van der Waals surface area contributed by atoms with E-state index in [2.05, 4.69) is 15.3 Å². The van der Waals surface area contributed by atoms with Crippen molar-refractivity contribution in [3.05, 3.63) is 57.8 Å². The second-order valence-corrected chi connectivity index (χ2v) is 7.88. The van der Waals surface area contributed by atoms with E-state index in [1.807, 2.05) is 13.8 Å². The first kappa shape index (κ1) is 19.8. The smallest absolute Gasteiger partial charge is 0.250 e. The number of hydrogen-bond donors (Lipinski definition) is 1. The third-order valence-corrected chi connectivity index (χ3v) is 5.61. The Labute approximate surface area is 169 Å². The first-order valence-corrected chi connectivity index (χ1v) is 9.98. The van der Waals surface area contributed by atoms with Gasteiger partial charge < -0.3 is 0 Å². The molecule has 0 unspecified atom stereocenters. The Bertz CT molecular complexity index is 1040. The molecule has 3 rings (SSSR count). The number of aromatic nitrogens is 2. The Morgan fingerprint density at radius 3 is 2.61 bits per heavy atom. The van der Waals surface area contributed by atoms with Crippen molar-refractivity contribution in [3.63, 3.8) is 0 Å². The van der Waals surface area contributed by atoms with Gasteiger partial charge in [0.15, 0.2) is 10.3 Å². The van der Waals surface area contributed by atoms with Crippen LogP contribution in [0.15, 0.2) is 35.7 Å². The SMILES string of the molecule is CC(=O)N(c1nc(/C=C/C(=O)Nc2nc(C)c(C)s2)cs1)c1ccccc1F. The molecular weight excluding hydrogens is 399 g/mol. The molecular formula is C19H17FN4O2S2. The number of rotatable bonds is 5. The van der Waals surface area contributed by atoms with E-state index in [0.717, 1.165) is 10.6 Å². The van der Waals surface area contributed by atoms with E-state index in [1.54, 1.807) is 17.5 Å². The highest BCUT2D eigenvalue weighted by Gasteiger charge is 2.20. The standard InChI is InChI=1S/C19H17FN4O2S2/c1-11-12(2)28-18(21-11)23-17(26)9-8-14-10-27-19(22-14)24(13(3)25)16-7-5-4-6-15(16)20/h4-10H,1-3H3,(H,21,23,26)/b9-8+. The Morgan fingerprint density at radius 2 is 1.96 bits per heavy atom. The maximum Gasteiger partial charge on any atom is 0.250 e. The normalized spacial score (nSPS) is 11.0. The van der Waals surface area contributed by atoms with E-state index in [4.69, 9.17) is 0 Å². The van der Waals surface area contributed by atoms with E-state index in [0.29, 0.717) is 16.0 Å². The Balaban J connectivity index is 1.75. The van der Waals surface area contributed by atoms with Crippen molar-refractivity contribution in [2.45, 2.75) is 20.8 Å². The number of para-hydroxylation sites is 1. The van der Waals surface area contributed by atoms with Gasteiger partial charge in [0.05, 0.1) is 17.1 Å². The maximum atomic E-state index is 14.1. The average molecular weight is 417 g/mol. The second kappa shape index (κ2) is 8.41. The summed E-state index contributed by atoms with van der Waals surface area (Å²) in [4.78, 5) is 34.9. The minimum Gasteiger partial charge on any atom is -0.298 e. The molecule has 0 spiro atoms. The van der Waals surface area contributed by atoms with Gasteiger partial charge in [0, 0.05) is 23.3 Å². The third kappa shape index (κ3) is 4.49. The van der Waals surface area contributed by atoms with Gasteiger partial charge in [-0.2, -0.15) is 0 Å². The molecule has 28 heavy (non-hydrogen) atoms. The molecule has 2 amide bonds. The summed E-state index contributed by atoms with van der Waals surface area (Å²) in [6, 6.07) is 6.00. The fraction of sp³-hybridized carbons (Fsp3) is 0.158. The summed E-state index contributed by atoms with van der Waals surface area (Å²) in [5.74, 6) is -1.21. The quantitative estimate of drug-likeness (QED) is 0.612. The molecule has 3 aromatic rings. The Kier molecular flexibility index (Phi) is 5.96. The summed E-state index contributed by atoms with van der Waals surface area (Å²) >= 11 is 2.59. The highest BCUT2D eigenvalue weighted by atomic mass is 32.1. The van der Waals surface area contributed by atoms with Crippen LogP contribution in [0.3, 0.4) is 0 Å². The van der Waals surface area contributed by atoms with Crippen molar-refractivity contribution in [1.82, 2.24) is 9.97 Å². The van der Waals surface area contributed by atoms with Gasteiger partial charge in [-0.1, -0.05) is 12.1 Å². The molecule has 2 aromatic heterocycles. The number of carbonyl (C=O) groups is 2. The second-order valence-electron chi connectivity index (χ2n) is 5.84. The number of nitrogens with one attached hydrogen (secondary N) is 1. The molecule has 0 saturated carbocycles. The highest BCUT2D eigenvalue weighted by molar-refractivity contribution is 7.15. The van der Waals surface area contributed by atoms with Crippen LogP contribution in [0, 0.1) is 19.7 Å². The van der Waals surface area contributed by atoms with Crippen LogP contribution in [0.2, 0.25) is 0 Å². The lowest BCUT2D eigenvalue weighted by atomic mass is 10.3. The first-order valence-electron chi connectivity index (χ1n) is 8.29. The zero-order valence-electron chi connectivity index (χ0n) is 15.4. The molecule has 6 nitrogen and oxygen atoms in total. The van der Waals surface area contributed by atoms with Crippen molar-refractivity contribution in [1.29, 1.82) is 0 Å². The maximum absolute atomic E-state index is 14.1. The van der Waals surface area contributed by atoms with Gasteiger partial charge >= 0.3 is 0 Å². The zero-order chi connectivity index (χ0) is 20.3. The van der Waals surface area contributed by atoms with Crippen LogP contribution >= 0.6 is 22.7 Å². The third-order valence-electron chi connectivity index (χ3n) is 3.77. The predicted molar refractivity (Wildman–Crippen MR) is 111 cm³/mol. The average Bonchev–Trinajstić information content (AvgIpc) is 3.21. The number of thiazole rings is 2. The number of halogens is 1. The summed E-state index contributed by atoms with van der Waals surface area (Å²) in [6.45, 7) is 5.16. The summed E-state index contributed by atoms with van der Waals surface area (Å²) in [7, 11) is 0. The van der Waals surface area contributed by atoms with Crippen molar-refractivity contribution < 1.29 is 14.0 Å². The monoisotopic (exact) mass is 416 g/mol. The topological polar surface area (TPSA) is 75.2 Å². The number of amides is 2. The van der Waals surface area contributed by atoms with Crippen LogP contribution in [-0.4, -0.2) is 21.8 Å². The molecule has 1 aromatic carbocycles. The number of anilines is 3. The predicted octanol–water partition coefficient (Wildman–Crippen LogP) is 4.69. The van der Waals surface area contributed by atoms with E-state index in [9.17, 15) is 14.0 Å². The van der Waals surface area contributed by atoms with Crippen LogP contribution in [0.5, 0.6) is 0 Å². The largest absolute Gasteiger partial charge is 0.298 e. The van der Waals surface area contributed by atoms with Gasteiger partial charge in [-0.25, -0.2) is 14.4 Å². The van der Waals surface area contributed by atoms with Crippen LogP contribution in [0.1, 0.15) is 23.2 Å². The van der Waals surface area contributed by atoms with E-state index >= 15 is 0 Å². The number of hydrogen-bond acceptors (Lipinski definition) is 6. The zero-order valence-corrected chi connectivity index (χ0v) is 17.0. The van der Waals surface area contributed by atoms with Crippen LogP contribution in [0.4, 0.5) is 20.3 Å². The van der Waals surface area contributed by atoms with Crippen LogP contribution in [-0.2, 0) is 9.59 Å². The number of nitrogens with zero attached hydrogens (tertiary/aromatic N) is 3. The van der Waals surface area contributed by atoms with E-state index < -0.39 is 5.82 Å². The fourth-order valence-electron chi connectivity index (χ4n) is 2.33. The minimum atomic E-state index is -0.515.